The van der Waals surface area contributed by atoms with Gasteiger partial charge >= 0.3 is 0 Å². The molecule has 3 rings (SSSR count). The average molecular weight is 329 g/mol. The summed E-state index contributed by atoms with van der Waals surface area (Å²) in [6.45, 7) is 4.52. The van der Waals surface area contributed by atoms with Crippen molar-refractivity contribution in [3.8, 4) is 0 Å². The van der Waals surface area contributed by atoms with Gasteiger partial charge in [-0.15, -0.1) is 0 Å². The lowest BCUT2D eigenvalue weighted by molar-refractivity contribution is -0.120. The molecule has 3 nitrogen and oxygen atoms in total. The minimum Gasteiger partial charge on any atom is -0.359 e. The van der Waals surface area contributed by atoms with Crippen LogP contribution < -0.4 is 10.2 Å². The zero-order valence-electron chi connectivity index (χ0n) is 13.4. The number of nitrogens with one attached hydrogen (secondary N) is 1. The van der Waals surface area contributed by atoms with E-state index in [2.05, 4.69) is 35.3 Å². The summed E-state index contributed by atoms with van der Waals surface area (Å²) in [6, 6.07) is 16.2. The Kier molecular flexibility index (Phi) is 4.58. The highest BCUT2D eigenvalue weighted by Gasteiger charge is 2.27. The number of nitrogens with zero attached hydrogens (tertiary/aromatic N) is 1. The number of hydrogen-bond donors (Lipinski definition) is 1. The van der Waals surface area contributed by atoms with Crippen molar-refractivity contribution in [3.05, 3.63) is 64.7 Å². The Bertz CT molecular complexity index is 716. The molecule has 2 atom stereocenters. The highest BCUT2D eigenvalue weighted by molar-refractivity contribution is 6.30. The third-order valence-electron chi connectivity index (χ3n) is 4.39. The molecular formula is C19H21ClN2O. The van der Waals surface area contributed by atoms with Crippen LogP contribution in [0.4, 0.5) is 5.69 Å². The van der Waals surface area contributed by atoms with Crippen LogP contribution in [0.15, 0.2) is 48.5 Å². The molecule has 4 heteroatoms. The molecule has 0 bridgehead atoms. The first-order chi connectivity index (χ1) is 11.0. The maximum absolute atomic E-state index is 12.4. The van der Waals surface area contributed by atoms with Crippen LogP contribution in [-0.2, 0) is 11.2 Å². The van der Waals surface area contributed by atoms with Crippen molar-refractivity contribution in [2.45, 2.75) is 32.4 Å². The van der Waals surface area contributed by atoms with Gasteiger partial charge in [-0.2, -0.15) is 0 Å². The van der Waals surface area contributed by atoms with E-state index in [9.17, 15) is 4.79 Å². The molecule has 1 amide bonds. The Labute approximate surface area is 142 Å². The normalized spacial score (nSPS) is 17.7. The molecule has 0 aromatic heterocycles. The smallest absolute Gasteiger partial charge is 0.240 e. The van der Waals surface area contributed by atoms with E-state index in [-0.39, 0.29) is 11.9 Å². The third-order valence-corrected chi connectivity index (χ3v) is 4.62. The molecule has 0 saturated heterocycles. The number of para-hydroxylation sites is 1. The Balaban J connectivity index is 1.66. The van der Waals surface area contributed by atoms with Gasteiger partial charge in [-0.05, 0) is 49.6 Å². The third kappa shape index (κ3) is 3.50. The highest BCUT2D eigenvalue weighted by Crippen LogP contribution is 2.31. The van der Waals surface area contributed by atoms with E-state index in [1.54, 1.807) is 0 Å². The van der Waals surface area contributed by atoms with Crippen LogP contribution >= 0.6 is 11.6 Å². The van der Waals surface area contributed by atoms with Gasteiger partial charge in [-0.1, -0.05) is 41.9 Å². The second-order valence-electron chi connectivity index (χ2n) is 6.15. The second kappa shape index (κ2) is 6.63. The lowest BCUT2D eigenvalue weighted by Crippen LogP contribution is -2.40. The number of amides is 1. The molecule has 0 spiro atoms. The van der Waals surface area contributed by atoms with Gasteiger partial charge in [-0.3, -0.25) is 4.79 Å². The lowest BCUT2D eigenvalue weighted by Gasteiger charge is -2.25. The van der Waals surface area contributed by atoms with Crippen LogP contribution in [0.2, 0.25) is 5.02 Å². The molecule has 0 unspecified atom stereocenters. The molecule has 1 heterocycles. The standard InChI is InChI=1S/C19H21ClN2O/c1-13-10-16-6-3-4-9-18(16)22(13)12-19(23)21-14(2)15-7-5-8-17(20)11-15/h3-9,11,13-14H,10,12H2,1-2H3,(H,21,23)/t13-,14+/m1/s1. The lowest BCUT2D eigenvalue weighted by atomic mass is 10.1. The Morgan fingerprint density at radius 3 is 2.87 bits per heavy atom. The summed E-state index contributed by atoms with van der Waals surface area (Å²) in [6.07, 6.45) is 0.993. The van der Waals surface area contributed by atoms with Gasteiger partial charge in [0.2, 0.25) is 5.91 Å². The number of hydrogen-bond acceptors (Lipinski definition) is 2. The first kappa shape index (κ1) is 15.9. The molecule has 2 aromatic carbocycles. The number of rotatable bonds is 4. The van der Waals surface area contributed by atoms with Crippen molar-refractivity contribution >= 4 is 23.2 Å². The number of halogens is 1. The van der Waals surface area contributed by atoms with E-state index >= 15 is 0 Å². The number of anilines is 1. The van der Waals surface area contributed by atoms with Gasteiger partial charge in [-0.25, -0.2) is 0 Å². The van der Waals surface area contributed by atoms with Gasteiger partial charge in [0.05, 0.1) is 12.6 Å². The fourth-order valence-electron chi connectivity index (χ4n) is 3.17. The molecule has 0 saturated carbocycles. The van der Waals surface area contributed by atoms with Gasteiger partial charge < -0.3 is 10.2 Å². The van der Waals surface area contributed by atoms with Crippen LogP contribution in [0.1, 0.15) is 31.0 Å². The molecule has 0 radical (unpaired) electrons. The van der Waals surface area contributed by atoms with Gasteiger partial charge in [0.15, 0.2) is 0 Å². The zero-order chi connectivity index (χ0) is 16.4. The summed E-state index contributed by atoms with van der Waals surface area (Å²) in [5, 5.41) is 3.75. The molecule has 120 valence electrons. The molecule has 2 aromatic rings. The van der Waals surface area contributed by atoms with Gasteiger partial charge in [0.25, 0.3) is 0 Å². The quantitative estimate of drug-likeness (QED) is 0.921. The van der Waals surface area contributed by atoms with Crippen LogP contribution in [0.3, 0.4) is 0 Å². The summed E-state index contributed by atoms with van der Waals surface area (Å²) in [5.41, 5.74) is 3.50. The maximum Gasteiger partial charge on any atom is 0.240 e. The molecular weight excluding hydrogens is 308 g/mol. The Morgan fingerprint density at radius 2 is 2.09 bits per heavy atom. The summed E-state index contributed by atoms with van der Waals surface area (Å²) < 4.78 is 0. The minimum absolute atomic E-state index is 0.0287. The first-order valence-corrected chi connectivity index (χ1v) is 8.32. The van der Waals surface area contributed by atoms with Gasteiger partial charge in [0, 0.05) is 16.8 Å². The number of carbonyl (C=O) groups is 1. The summed E-state index contributed by atoms with van der Waals surface area (Å²) in [5.74, 6) is 0.0287. The average Bonchev–Trinajstić information content (AvgIpc) is 2.83. The fraction of sp³-hybridized carbons (Fsp3) is 0.316. The number of carbonyl (C=O) groups excluding carboxylic acids is 1. The number of benzene rings is 2. The SMILES string of the molecule is C[C@H](NC(=O)CN1c2ccccc2C[C@H]1C)c1cccc(Cl)c1. The van der Waals surface area contributed by atoms with E-state index < -0.39 is 0 Å². The fourth-order valence-corrected chi connectivity index (χ4v) is 3.37. The maximum atomic E-state index is 12.4. The van der Waals surface area contributed by atoms with Crippen LogP contribution in [0.5, 0.6) is 0 Å². The summed E-state index contributed by atoms with van der Waals surface area (Å²) in [7, 11) is 0. The Morgan fingerprint density at radius 1 is 1.30 bits per heavy atom. The second-order valence-corrected chi connectivity index (χ2v) is 6.59. The first-order valence-electron chi connectivity index (χ1n) is 7.94. The Hall–Kier alpha value is -2.00. The minimum atomic E-state index is -0.0608. The van der Waals surface area contributed by atoms with Crippen LogP contribution in [-0.4, -0.2) is 18.5 Å². The largest absolute Gasteiger partial charge is 0.359 e. The topological polar surface area (TPSA) is 32.3 Å². The van der Waals surface area contributed by atoms with Crippen molar-refractivity contribution in [3.63, 3.8) is 0 Å². The van der Waals surface area contributed by atoms with Crippen molar-refractivity contribution in [1.29, 1.82) is 0 Å². The van der Waals surface area contributed by atoms with E-state index in [1.807, 2.05) is 37.3 Å². The van der Waals surface area contributed by atoms with E-state index in [0.717, 1.165) is 12.0 Å². The van der Waals surface area contributed by atoms with Crippen molar-refractivity contribution in [2.24, 2.45) is 0 Å². The van der Waals surface area contributed by atoms with Crippen molar-refractivity contribution in [1.82, 2.24) is 5.32 Å². The summed E-state index contributed by atoms with van der Waals surface area (Å²) in [4.78, 5) is 14.6. The van der Waals surface area contributed by atoms with Gasteiger partial charge in [0.1, 0.15) is 0 Å². The molecule has 1 aliphatic rings. The zero-order valence-corrected chi connectivity index (χ0v) is 14.2. The monoisotopic (exact) mass is 328 g/mol. The summed E-state index contributed by atoms with van der Waals surface area (Å²) >= 11 is 6.02. The molecule has 0 fully saturated rings. The van der Waals surface area contributed by atoms with Crippen LogP contribution in [0.25, 0.3) is 0 Å². The van der Waals surface area contributed by atoms with E-state index in [0.29, 0.717) is 17.6 Å². The molecule has 1 N–H and O–H groups in total. The predicted molar refractivity (Wildman–Crippen MR) is 95.0 cm³/mol. The predicted octanol–water partition coefficient (Wildman–Crippen LogP) is 3.97. The highest BCUT2D eigenvalue weighted by atomic mass is 35.5. The van der Waals surface area contributed by atoms with Crippen molar-refractivity contribution in [2.75, 3.05) is 11.4 Å². The van der Waals surface area contributed by atoms with Crippen LogP contribution in [0, 0.1) is 0 Å². The molecule has 23 heavy (non-hydrogen) atoms. The molecule has 1 aliphatic heterocycles. The number of fused-ring (bicyclic) bond motifs is 1. The molecule has 0 aliphatic carbocycles. The van der Waals surface area contributed by atoms with E-state index in [4.69, 9.17) is 11.6 Å². The van der Waals surface area contributed by atoms with E-state index in [1.165, 1.54) is 11.3 Å². The van der Waals surface area contributed by atoms with Crippen molar-refractivity contribution < 1.29 is 4.79 Å².